The van der Waals surface area contributed by atoms with Gasteiger partial charge in [-0.15, -0.1) is 0 Å². The van der Waals surface area contributed by atoms with E-state index >= 15 is 0 Å². The third-order valence-corrected chi connectivity index (χ3v) is 10.7. The van der Waals surface area contributed by atoms with Crippen LogP contribution in [0, 0.1) is 40.4 Å². The maximum Gasteiger partial charge on any atom is 0.338 e. The Balaban J connectivity index is 1.28. The van der Waals surface area contributed by atoms with Gasteiger partial charge in [0.1, 0.15) is 11.9 Å². The highest BCUT2D eigenvalue weighted by Gasteiger charge is 2.60. The third-order valence-electron chi connectivity index (χ3n) is 10.4. The second-order valence-electron chi connectivity index (χ2n) is 11.8. The molecule has 0 radical (unpaired) electrons. The zero-order chi connectivity index (χ0) is 22.7. The number of hydrogen-bond acceptors (Lipinski definition) is 3. The van der Waals surface area contributed by atoms with Crippen molar-refractivity contribution in [3.05, 3.63) is 34.9 Å². The lowest BCUT2D eigenvalue weighted by molar-refractivity contribution is -0.138. The van der Waals surface area contributed by atoms with Gasteiger partial charge in [0.25, 0.3) is 0 Å². The van der Waals surface area contributed by atoms with Gasteiger partial charge in [-0.25, -0.2) is 4.79 Å². The molecule has 4 heteroatoms. The van der Waals surface area contributed by atoms with Crippen LogP contribution in [0.2, 0.25) is 5.02 Å². The van der Waals surface area contributed by atoms with Crippen LogP contribution >= 0.6 is 11.6 Å². The molecule has 0 unspecified atom stereocenters. The number of Topliss-reactive ketones (excluding diaryl/α,β-unsaturated/α-hetero) is 1. The highest BCUT2D eigenvalue weighted by molar-refractivity contribution is 6.30. The summed E-state index contributed by atoms with van der Waals surface area (Å²) in [5, 5.41) is 0.567. The van der Waals surface area contributed by atoms with E-state index in [0.717, 1.165) is 37.5 Å². The number of ketones is 1. The van der Waals surface area contributed by atoms with E-state index in [-0.39, 0.29) is 23.4 Å². The Hall–Kier alpha value is -1.35. The molecule has 32 heavy (non-hydrogen) atoms. The van der Waals surface area contributed by atoms with E-state index in [1.165, 1.54) is 32.1 Å². The molecule has 0 aliphatic heterocycles. The Morgan fingerprint density at radius 2 is 1.72 bits per heavy atom. The minimum atomic E-state index is -0.246. The lowest BCUT2D eigenvalue weighted by Gasteiger charge is -2.61. The molecule has 0 heterocycles. The standard InChI is InChI=1S/C28H37ClO3/c1-17(30)23-9-10-24-22-8-7-19-16-21(32-26(31)18-5-4-6-20(29)15-18)11-13-27(19,2)25(22)12-14-28(23,24)3/h4-6,15,19,21-25H,7-14,16H2,1-3H3/t19-,21+,22-,23+,24-,25-,27-,28+/m0/s1. The smallest absolute Gasteiger partial charge is 0.338 e. The fourth-order valence-corrected chi connectivity index (χ4v) is 9.02. The number of esters is 1. The molecule has 4 aliphatic carbocycles. The van der Waals surface area contributed by atoms with E-state index in [4.69, 9.17) is 16.3 Å². The number of hydrogen-bond donors (Lipinski definition) is 0. The minimum absolute atomic E-state index is 0.0125. The third kappa shape index (κ3) is 3.54. The molecule has 0 N–H and O–H groups in total. The van der Waals surface area contributed by atoms with Crippen molar-refractivity contribution in [2.75, 3.05) is 0 Å². The van der Waals surface area contributed by atoms with Crippen LogP contribution in [0.15, 0.2) is 24.3 Å². The van der Waals surface area contributed by atoms with Crippen LogP contribution in [0.1, 0.15) is 88.9 Å². The van der Waals surface area contributed by atoms with Crippen molar-refractivity contribution in [3.8, 4) is 0 Å². The van der Waals surface area contributed by atoms with Gasteiger partial charge >= 0.3 is 5.97 Å². The van der Waals surface area contributed by atoms with Crippen molar-refractivity contribution in [3.63, 3.8) is 0 Å². The zero-order valence-electron chi connectivity index (χ0n) is 19.7. The lowest BCUT2D eigenvalue weighted by Crippen LogP contribution is -2.54. The van der Waals surface area contributed by atoms with Crippen LogP contribution in [0.25, 0.3) is 0 Å². The molecule has 0 aromatic heterocycles. The molecule has 1 aromatic rings. The first kappa shape index (κ1) is 22.4. The Labute approximate surface area is 197 Å². The van der Waals surface area contributed by atoms with Crippen molar-refractivity contribution in [1.29, 1.82) is 0 Å². The Kier molecular flexibility index (Phi) is 5.72. The van der Waals surface area contributed by atoms with E-state index in [0.29, 0.717) is 33.6 Å². The van der Waals surface area contributed by atoms with E-state index in [1.807, 2.05) is 6.92 Å². The van der Waals surface area contributed by atoms with Crippen molar-refractivity contribution in [1.82, 2.24) is 0 Å². The monoisotopic (exact) mass is 456 g/mol. The number of ether oxygens (including phenoxy) is 1. The molecule has 1 aromatic carbocycles. The predicted molar refractivity (Wildman–Crippen MR) is 127 cm³/mol. The molecular weight excluding hydrogens is 420 g/mol. The summed E-state index contributed by atoms with van der Waals surface area (Å²) in [5.41, 5.74) is 1.11. The maximum absolute atomic E-state index is 12.7. The molecular formula is C28H37ClO3. The van der Waals surface area contributed by atoms with Gasteiger partial charge in [0, 0.05) is 10.9 Å². The van der Waals surface area contributed by atoms with Crippen LogP contribution in [0.3, 0.4) is 0 Å². The fourth-order valence-electron chi connectivity index (χ4n) is 8.83. The number of halogens is 1. The van der Waals surface area contributed by atoms with Gasteiger partial charge in [0.15, 0.2) is 0 Å². The molecule has 4 aliphatic rings. The van der Waals surface area contributed by atoms with Crippen LogP contribution < -0.4 is 0 Å². The molecule has 0 bridgehead atoms. The first-order valence-electron chi connectivity index (χ1n) is 12.7. The quantitative estimate of drug-likeness (QED) is 0.455. The molecule has 0 amide bonds. The van der Waals surface area contributed by atoms with Gasteiger partial charge in [-0.3, -0.25) is 4.79 Å². The van der Waals surface area contributed by atoms with Crippen LogP contribution in [0.5, 0.6) is 0 Å². The van der Waals surface area contributed by atoms with Crippen molar-refractivity contribution in [2.24, 2.45) is 40.4 Å². The van der Waals surface area contributed by atoms with Gasteiger partial charge in [-0.05, 0) is 117 Å². The minimum Gasteiger partial charge on any atom is -0.459 e. The van der Waals surface area contributed by atoms with Gasteiger partial charge < -0.3 is 4.74 Å². The topological polar surface area (TPSA) is 43.4 Å². The van der Waals surface area contributed by atoms with Gasteiger partial charge in [0.2, 0.25) is 0 Å². The molecule has 5 rings (SSSR count). The summed E-state index contributed by atoms with van der Waals surface area (Å²) in [6.45, 7) is 6.77. The molecule has 8 atom stereocenters. The van der Waals surface area contributed by atoms with Gasteiger partial charge in [-0.2, -0.15) is 0 Å². The number of carbonyl (C=O) groups excluding carboxylic acids is 2. The van der Waals surface area contributed by atoms with E-state index in [1.54, 1.807) is 24.3 Å². The SMILES string of the molecule is CC(=O)[C@H]1CC[C@H]2[C@@H]3CC[C@H]4C[C@H](OC(=O)c5cccc(Cl)c5)CC[C@]4(C)[C@H]3CC[C@]12C. The van der Waals surface area contributed by atoms with Gasteiger partial charge in [0.05, 0.1) is 5.56 Å². The Bertz CT molecular complexity index is 912. The number of fused-ring (bicyclic) bond motifs is 5. The molecule has 4 saturated carbocycles. The molecule has 0 spiro atoms. The molecule has 174 valence electrons. The van der Waals surface area contributed by atoms with Gasteiger partial charge in [-0.1, -0.05) is 31.5 Å². The first-order valence-corrected chi connectivity index (χ1v) is 13.1. The highest BCUT2D eigenvalue weighted by Crippen LogP contribution is 2.67. The average molecular weight is 457 g/mol. The van der Waals surface area contributed by atoms with Crippen molar-refractivity contribution < 1.29 is 14.3 Å². The highest BCUT2D eigenvalue weighted by atomic mass is 35.5. The largest absolute Gasteiger partial charge is 0.459 e. The summed E-state index contributed by atoms with van der Waals surface area (Å²) in [7, 11) is 0. The first-order chi connectivity index (χ1) is 15.2. The Morgan fingerprint density at radius 1 is 0.969 bits per heavy atom. The second-order valence-corrected chi connectivity index (χ2v) is 12.2. The normalized spacial score (nSPS) is 43.0. The maximum atomic E-state index is 12.7. The average Bonchev–Trinajstić information content (AvgIpc) is 3.11. The van der Waals surface area contributed by atoms with Crippen molar-refractivity contribution >= 4 is 23.4 Å². The van der Waals surface area contributed by atoms with Crippen LogP contribution in [-0.4, -0.2) is 17.9 Å². The molecule has 3 nitrogen and oxygen atoms in total. The van der Waals surface area contributed by atoms with Crippen LogP contribution in [0.4, 0.5) is 0 Å². The fraction of sp³-hybridized carbons (Fsp3) is 0.714. The van der Waals surface area contributed by atoms with E-state index < -0.39 is 0 Å². The molecule has 4 fully saturated rings. The Morgan fingerprint density at radius 3 is 2.47 bits per heavy atom. The number of carbonyl (C=O) groups is 2. The summed E-state index contributed by atoms with van der Waals surface area (Å²) < 4.78 is 5.95. The van der Waals surface area contributed by atoms with E-state index in [9.17, 15) is 9.59 Å². The summed E-state index contributed by atoms with van der Waals surface area (Å²) in [5.74, 6) is 3.32. The predicted octanol–water partition coefficient (Wildman–Crippen LogP) is 7.11. The zero-order valence-corrected chi connectivity index (χ0v) is 20.5. The second kappa shape index (κ2) is 8.15. The lowest BCUT2D eigenvalue weighted by atomic mass is 9.44. The molecule has 0 saturated heterocycles. The summed E-state index contributed by atoms with van der Waals surface area (Å²) in [4.78, 5) is 25.0. The van der Waals surface area contributed by atoms with Crippen LogP contribution in [-0.2, 0) is 9.53 Å². The summed E-state index contributed by atoms with van der Waals surface area (Å²) in [6.07, 6.45) is 10.4. The summed E-state index contributed by atoms with van der Waals surface area (Å²) >= 11 is 6.05. The number of benzene rings is 1. The summed E-state index contributed by atoms with van der Waals surface area (Å²) in [6, 6.07) is 7.05. The van der Waals surface area contributed by atoms with E-state index in [2.05, 4.69) is 13.8 Å². The van der Waals surface area contributed by atoms with Crippen molar-refractivity contribution in [2.45, 2.75) is 84.7 Å². The number of rotatable bonds is 3.